The van der Waals surface area contributed by atoms with E-state index in [2.05, 4.69) is 5.32 Å². The molecule has 1 amide bonds. The van der Waals surface area contributed by atoms with Crippen LogP contribution in [-0.2, 0) is 21.2 Å². The van der Waals surface area contributed by atoms with Crippen molar-refractivity contribution in [3.63, 3.8) is 0 Å². The number of carbonyl (C=O) groups excluding carboxylic acids is 1. The maximum Gasteiger partial charge on any atom is 0.243 e. The van der Waals surface area contributed by atoms with Gasteiger partial charge in [0.05, 0.1) is 4.90 Å². The van der Waals surface area contributed by atoms with Gasteiger partial charge in [-0.15, -0.1) is 0 Å². The number of benzene rings is 2. The molecular formula is C20H24N2O3S. The van der Waals surface area contributed by atoms with Crippen LogP contribution in [0.5, 0.6) is 0 Å². The van der Waals surface area contributed by atoms with Crippen molar-refractivity contribution in [2.24, 2.45) is 5.92 Å². The first-order valence-corrected chi connectivity index (χ1v) is 10.4. The minimum Gasteiger partial charge on any atom is -0.326 e. The number of anilines is 1. The first-order chi connectivity index (χ1) is 12.5. The summed E-state index contributed by atoms with van der Waals surface area (Å²) in [4.78, 5) is 12.7. The van der Waals surface area contributed by atoms with Gasteiger partial charge in [0.15, 0.2) is 0 Å². The van der Waals surface area contributed by atoms with Gasteiger partial charge < -0.3 is 5.32 Å². The number of sulfonamides is 1. The molecule has 0 spiro atoms. The Morgan fingerprint density at radius 2 is 1.77 bits per heavy atom. The fourth-order valence-electron chi connectivity index (χ4n) is 3.14. The zero-order valence-electron chi connectivity index (χ0n) is 14.9. The van der Waals surface area contributed by atoms with E-state index in [1.807, 2.05) is 37.3 Å². The van der Waals surface area contributed by atoms with Crippen molar-refractivity contribution in [1.82, 2.24) is 4.31 Å². The van der Waals surface area contributed by atoms with E-state index in [9.17, 15) is 13.2 Å². The molecule has 1 heterocycles. The molecule has 1 fully saturated rings. The van der Waals surface area contributed by atoms with E-state index in [-0.39, 0.29) is 16.7 Å². The van der Waals surface area contributed by atoms with Crippen molar-refractivity contribution >= 4 is 21.6 Å². The highest BCUT2D eigenvalue weighted by atomic mass is 32.2. The third-order valence-corrected chi connectivity index (χ3v) is 6.53. The highest BCUT2D eigenvalue weighted by Crippen LogP contribution is 2.23. The van der Waals surface area contributed by atoms with Gasteiger partial charge in [-0.05, 0) is 43.0 Å². The summed E-state index contributed by atoms with van der Waals surface area (Å²) < 4.78 is 26.8. The second-order valence-electron chi connectivity index (χ2n) is 6.72. The van der Waals surface area contributed by atoms with Crippen LogP contribution in [0.1, 0.15) is 25.3 Å². The van der Waals surface area contributed by atoms with Crippen LogP contribution in [0.15, 0.2) is 59.5 Å². The van der Waals surface area contributed by atoms with Crippen molar-refractivity contribution in [2.75, 3.05) is 18.4 Å². The second-order valence-corrected chi connectivity index (χ2v) is 8.66. The lowest BCUT2D eigenvalue weighted by molar-refractivity contribution is -0.119. The molecule has 1 atom stereocenters. The van der Waals surface area contributed by atoms with Crippen LogP contribution in [0.3, 0.4) is 0 Å². The Morgan fingerprint density at radius 3 is 2.46 bits per heavy atom. The Hall–Kier alpha value is -2.18. The van der Waals surface area contributed by atoms with Gasteiger partial charge in [0.1, 0.15) is 0 Å². The summed E-state index contributed by atoms with van der Waals surface area (Å²) in [5.74, 6) is -0.333. The molecule has 5 nitrogen and oxygen atoms in total. The van der Waals surface area contributed by atoms with Gasteiger partial charge in [0, 0.05) is 24.7 Å². The van der Waals surface area contributed by atoms with Gasteiger partial charge in [-0.25, -0.2) is 8.42 Å². The van der Waals surface area contributed by atoms with E-state index in [1.165, 1.54) is 4.31 Å². The largest absolute Gasteiger partial charge is 0.326 e. The highest BCUT2D eigenvalue weighted by Gasteiger charge is 2.27. The minimum absolute atomic E-state index is 0.121. The molecule has 1 aliphatic heterocycles. The van der Waals surface area contributed by atoms with Gasteiger partial charge in [0.25, 0.3) is 0 Å². The fraction of sp³-hybridized carbons (Fsp3) is 0.350. The Kier molecular flexibility index (Phi) is 5.74. The second kappa shape index (κ2) is 8.01. The van der Waals surface area contributed by atoms with Crippen molar-refractivity contribution in [1.29, 1.82) is 0 Å². The standard InChI is InChI=1S/C20H24N2O3S/c1-16(14-17-8-3-2-4-9-17)20(23)21-18-10-7-11-19(15-18)26(24,25)22-12-5-6-13-22/h2-4,7-11,15-16H,5-6,12-14H2,1H3,(H,21,23). The summed E-state index contributed by atoms with van der Waals surface area (Å²) in [5, 5.41) is 2.84. The summed E-state index contributed by atoms with van der Waals surface area (Å²) in [6, 6.07) is 16.3. The van der Waals surface area contributed by atoms with Crippen molar-refractivity contribution in [3.8, 4) is 0 Å². The molecule has 0 aromatic heterocycles. The number of hydrogen-bond donors (Lipinski definition) is 1. The van der Waals surface area contributed by atoms with Crippen molar-refractivity contribution in [2.45, 2.75) is 31.1 Å². The summed E-state index contributed by atoms with van der Waals surface area (Å²) >= 11 is 0. The third kappa shape index (κ3) is 4.31. The van der Waals surface area contributed by atoms with E-state index in [0.29, 0.717) is 25.2 Å². The van der Waals surface area contributed by atoms with E-state index >= 15 is 0 Å². The SMILES string of the molecule is CC(Cc1ccccc1)C(=O)Nc1cccc(S(=O)(=O)N2CCCC2)c1. The number of amides is 1. The molecule has 2 aromatic rings. The summed E-state index contributed by atoms with van der Waals surface area (Å²) in [6.07, 6.45) is 2.43. The molecule has 0 bridgehead atoms. The number of carbonyl (C=O) groups is 1. The zero-order valence-corrected chi connectivity index (χ0v) is 15.7. The van der Waals surface area contributed by atoms with Gasteiger partial charge in [0.2, 0.25) is 15.9 Å². The lowest BCUT2D eigenvalue weighted by Gasteiger charge is -2.17. The molecule has 0 saturated carbocycles. The van der Waals surface area contributed by atoms with E-state index in [4.69, 9.17) is 0 Å². The van der Waals surface area contributed by atoms with E-state index in [1.54, 1.807) is 24.3 Å². The predicted molar refractivity (Wildman–Crippen MR) is 102 cm³/mol. The van der Waals surface area contributed by atoms with Crippen LogP contribution < -0.4 is 5.32 Å². The molecule has 1 aliphatic rings. The van der Waals surface area contributed by atoms with Crippen molar-refractivity contribution in [3.05, 3.63) is 60.2 Å². The van der Waals surface area contributed by atoms with Gasteiger partial charge in [-0.1, -0.05) is 43.3 Å². The lowest BCUT2D eigenvalue weighted by Crippen LogP contribution is -2.28. The minimum atomic E-state index is -3.48. The average Bonchev–Trinajstić information content (AvgIpc) is 3.18. The molecule has 1 N–H and O–H groups in total. The highest BCUT2D eigenvalue weighted by molar-refractivity contribution is 7.89. The van der Waals surface area contributed by atoms with Gasteiger partial charge in [-0.2, -0.15) is 4.31 Å². The summed E-state index contributed by atoms with van der Waals surface area (Å²) in [5.41, 5.74) is 1.61. The zero-order chi connectivity index (χ0) is 18.6. The van der Waals surface area contributed by atoms with Crippen LogP contribution in [0.25, 0.3) is 0 Å². The first kappa shape index (κ1) is 18.6. The normalized spacial score (nSPS) is 16.3. The maximum atomic E-state index is 12.7. The Morgan fingerprint density at radius 1 is 1.08 bits per heavy atom. The molecule has 1 saturated heterocycles. The van der Waals surface area contributed by atoms with Crippen LogP contribution >= 0.6 is 0 Å². The Bertz CT molecular complexity index is 860. The van der Waals surface area contributed by atoms with Gasteiger partial charge in [-0.3, -0.25) is 4.79 Å². The maximum absolute atomic E-state index is 12.7. The summed E-state index contributed by atoms with van der Waals surface area (Å²) in [7, 11) is -3.48. The van der Waals surface area contributed by atoms with Crippen LogP contribution in [0, 0.1) is 5.92 Å². The number of rotatable bonds is 6. The molecule has 138 valence electrons. The molecular weight excluding hydrogens is 348 g/mol. The molecule has 0 aliphatic carbocycles. The summed E-state index contributed by atoms with van der Waals surface area (Å²) in [6.45, 7) is 2.99. The van der Waals surface area contributed by atoms with E-state index < -0.39 is 10.0 Å². The molecule has 0 radical (unpaired) electrons. The Balaban J connectivity index is 1.69. The molecule has 1 unspecified atom stereocenters. The van der Waals surface area contributed by atoms with Crippen LogP contribution in [0.4, 0.5) is 5.69 Å². The topological polar surface area (TPSA) is 66.5 Å². The number of nitrogens with zero attached hydrogens (tertiary/aromatic N) is 1. The molecule has 6 heteroatoms. The Labute approximate surface area is 155 Å². The van der Waals surface area contributed by atoms with Crippen LogP contribution in [-0.4, -0.2) is 31.7 Å². The molecule has 3 rings (SSSR count). The van der Waals surface area contributed by atoms with Crippen LogP contribution in [0.2, 0.25) is 0 Å². The number of hydrogen-bond acceptors (Lipinski definition) is 3. The smallest absolute Gasteiger partial charge is 0.243 e. The quantitative estimate of drug-likeness (QED) is 0.846. The lowest BCUT2D eigenvalue weighted by atomic mass is 10.0. The van der Waals surface area contributed by atoms with Crippen molar-refractivity contribution < 1.29 is 13.2 Å². The third-order valence-electron chi connectivity index (χ3n) is 4.64. The molecule has 26 heavy (non-hydrogen) atoms. The average molecular weight is 372 g/mol. The monoisotopic (exact) mass is 372 g/mol. The first-order valence-electron chi connectivity index (χ1n) is 8.92. The predicted octanol–water partition coefficient (Wildman–Crippen LogP) is 3.29. The van der Waals surface area contributed by atoms with E-state index in [0.717, 1.165) is 18.4 Å². The molecule has 2 aromatic carbocycles. The fourth-order valence-corrected chi connectivity index (χ4v) is 4.70. The van der Waals surface area contributed by atoms with Gasteiger partial charge >= 0.3 is 0 Å². The number of nitrogens with one attached hydrogen (secondary N) is 1.